The number of anilines is 3. The third kappa shape index (κ3) is 6.33. The Morgan fingerprint density at radius 3 is 1.48 bits per heavy atom. The molecule has 0 spiro atoms. The van der Waals surface area contributed by atoms with Gasteiger partial charge in [0.25, 0.3) is 0 Å². The van der Waals surface area contributed by atoms with Gasteiger partial charge in [-0.2, -0.15) is 0 Å². The molecule has 0 aromatic heterocycles. The van der Waals surface area contributed by atoms with E-state index in [2.05, 4.69) is 254 Å². The maximum Gasteiger partial charge on any atom is 0.0540 e. The topological polar surface area (TPSA) is 3.24 Å². The summed E-state index contributed by atoms with van der Waals surface area (Å²) < 4.78 is 0. The normalized spacial score (nSPS) is 11.5. The van der Waals surface area contributed by atoms with Gasteiger partial charge >= 0.3 is 0 Å². The predicted octanol–water partition coefficient (Wildman–Crippen LogP) is 17.6. The van der Waals surface area contributed by atoms with Crippen molar-refractivity contribution in [3.63, 3.8) is 0 Å². The van der Waals surface area contributed by atoms with Crippen LogP contribution < -0.4 is 4.90 Å². The van der Waals surface area contributed by atoms with Crippen molar-refractivity contribution >= 4 is 70.9 Å². The summed E-state index contributed by atoms with van der Waals surface area (Å²) in [5.41, 5.74) is 13.0. The van der Waals surface area contributed by atoms with E-state index in [0.717, 1.165) is 22.6 Å². The molecule has 0 saturated carbocycles. The summed E-state index contributed by atoms with van der Waals surface area (Å²) in [6.07, 6.45) is 0. The molecule has 12 rings (SSSR count). The van der Waals surface area contributed by atoms with Crippen molar-refractivity contribution in [2.75, 3.05) is 4.90 Å². The molecule has 63 heavy (non-hydrogen) atoms. The molecule has 0 heterocycles. The van der Waals surface area contributed by atoms with Gasteiger partial charge in [0.15, 0.2) is 0 Å². The zero-order chi connectivity index (χ0) is 41.7. The minimum absolute atomic E-state index is 1.10. The van der Waals surface area contributed by atoms with Gasteiger partial charge in [-0.15, -0.1) is 0 Å². The monoisotopic (exact) mass is 799 g/mol. The first-order valence-corrected chi connectivity index (χ1v) is 21.8. The van der Waals surface area contributed by atoms with Crippen LogP contribution >= 0.6 is 0 Å². The fraction of sp³-hybridized carbons (Fsp3) is 0. The Balaban J connectivity index is 1.03. The van der Waals surface area contributed by atoms with Crippen LogP contribution in [-0.4, -0.2) is 0 Å². The van der Waals surface area contributed by atoms with Crippen molar-refractivity contribution in [3.8, 4) is 44.5 Å². The zero-order valence-corrected chi connectivity index (χ0v) is 34.6. The Morgan fingerprint density at radius 2 is 0.714 bits per heavy atom. The van der Waals surface area contributed by atoms with Crippen LogP contribution in [0.5, 0.6) is 0 Å². The summed E-state index contributed by atoms with van der Waals surface area (Å²) in [6, 6.07) is 91.0. The van der Waals surface area contributed by atoms with Gasteiger partial charge in [-0.05, 0) is 129 Å². The molecule has 0 aliphatic rings. The van der Waals surface area contributed by atoms with E-state index in [0.29, 0.717) is 0 Å². The second-order valence-corrected chi connectivity index (χ2v) is 16.4. The van der Waals surface area contributed by atoms with E-state index < -0.39 is 0 Å². The Hall–Kier alpha value is -8.26. The van der Waals surface area contributed by atoms with Crippen LogP contribution in [0, 0.1) is 0 Å². The third-order valence-electron chi connectivity index (χ3n) is 12.8. The first-order chi connectivity index (χ1) is 31.3. The molecule has 1 heteroatoms. The number of nitrogens with zero attached hydrogens (tertiary/aromatic N) is 1. The van der Waals surface area contributed by atoms with Crippen molar-refractivity contribution < 1.29 is 0 Å². The van der Waals surface area contributed by atoms with Crippen LogP contribution in [0.15, 0.2) is 249 Å². The smallest absolute Gasteiger partial charge is 0.0540 e. The third-order valence-corrected chi connectivity index (χ3v) is 12.8. The Bertz CT molecular complexity index is 3660. The average molecular weight is 800 g/mol. The van der Waals surface area contributed by atoms with Gasteiger partial charge in [-0.3, -0.25) is 0 Å². The highest BCUT2D eigenvalue weighted by Gasteiger charge is 2.20. The van der Waals surface area contributed by atoms with Crippen molar-refractivity contribution in [2.24, 2.45) is 0 Å². The van der Waals surface area contributed by atoms with Gasteiger partial charge in [-0.25, -0.2) is 0 Å². The van der Waals surface area contributed by atoms with Crippen LogP contribution in [0.25, 0.3) is 98.4 Å². The van der Waals surface area contributed by atoms with Crippen molar-refractivity contribution in [2.45, 2.75) is 0 Å². The van der Waals surface area contributed by atoms with Crippen LogP contribution in [0.1, 0.15) is 0 Å². The van der Waals surface area contributed by atoms with E-state index in [1.807, 2.05) is 0 Å². The predicted molar refractivity (Wildman–Crippen MR) is 270 cm³/mol. The lowest BCUT2D eigenvalue weighted by Gasteiger charge is -2.27. The Labute approximate surface area is 367 Å². The molecule has 0 aliphatic heterocycles. The average Bonchev–Trinajstić information content (AvgIpc) is 3.36. The molecule has 1 nitrogen and oxygen atoms in total. The molecule has 0 radical (unpaired) electrons. The molecule has 0 aliphatic carbocycles. The highest BCUT2D eigenvalue weighted by Crippen LogP contribution is 2.47. The summed E-state index contributed by atoms with van der Waals surface area (Å²) in [6.45, 7) is 0. The van der Waals surface area contributed by atoms with Crippen molar-refractivity contribution in [1.82, 2.24) is 0 Å². The molecule has 0 atom stereocenters. The molecule has 0 fully saturated rings. The largest absolute Gasteiger partial charge is 0.310 e. The van der Waals surface area contributed by atoms with E-state index in [9.17, 15) is 0 Å². The maximum absolute atomic E-state index is 2.42. The lowest BCUT2D eigenvalue weighted by atomic mass is 9.84. The summed E-state index contributed by atoms with van der Waals surface area (Å²) in [7, 11) is 0. The second-order valence-electron chi connectivity index (χ2n) is 16.4. The minimum atomic E-state index is 1.10. The number of fused-ring (bicyclic) bond motifs is 7. The van der Waals surface area contributed by atoms with E-state index in [1.54, 1.807) is 0 Å². The number of hydrogen-bond donors (Lipinski definition) is 0. The standard InChI is InChI=1S/C62H41N/c1-3-18-45(19-4-1)61-58-28-12-11-27-55(58)57-39-35-48(41-59(57)62(61)46-20-5-2-6-21-46)47-23-13-24-50(40-47)63(60-31-14-22-42-16-8-10-26-53(42)60)49-36-32-44(33-37-49)52-29-15-30-54-51-25-9-7-17-43(51)34-38-56(52)54/h1-41H. The first kappa shape index (κ1) is 36.6. The van der Waals surface area contributed by atoms with E-state index in [1.165, 1.54) is 92.8 Å². The lowest BCUT2D eigenvalue weighted by molar-refractivity contribution is 1.30. The van der Waals surface area contributed by atoms with Crippen LogP contribution in [0.2, 0.25) is 0 Å². The fourth-order valence-corrected chi connectivity index (χ4v) is 9.92. The summed E-state index contributed by atoms with van der Waals surface area (Å²) in [4.78, 5) is 2.42. The molecule has 0 N–H and O–H groups in total. The molecule has 0 unspecified atom stereocenters. The molecule has 294 valence electrons. The lowest BCUT2D eigenvalue weighted by Crippen LogP contribution is -2.10. The Morgan fingerprint density at radius 1 is 0.222 bits per heavy atom. The quantitative estimate of drug-likeness (QED) is 0.145. The van der Waals surface area contributed by atoms with Crippen LogP contribution in [-0.2, 0) is 0 Å². The molecule has 12 aromatic carbocycles. The van der Waals surface area contributed by atoms with E-state index in [-0.39, 0.29) is 0 Å². The highest BCUT2D eigenvalue weighted by molar-refractivity contribution is 6.22. The number of hydrogen-bond acceptors (Lipinski definition) is 1. The molecule has 0 amide bonds. The zero-order valence-electron chi connectivity index (χ0n) is 34.6. The van der Waals surface area contributed by atoms with Crippen LogP contribution in [0.4, 0.5) is 17.1 Å². The molecule has 0 saturated heterocycles. The van der Waals surface area contributed by atoms with Crippen molar-refractivity contribution in [3.05, 3.63) is 249 Å². The van der Waals surface area contributed by atoms with Gasteiger partial charge in [-0.1, -0.05) is 212 Å². The molecule has 12 aromatic rings. The SMILES string of the molecule is c1ccc(-c2c(-c3ccccc3)c3cc(-c4cccc(N(c5ccc(-c6cccc7c6ccc6ccccc67)cc5)c5cccc6ccccc56)c4)ccc3c3ccccc23)cc1. The van der Waals surface area contributed by atoms with Gasteiger partial charge < -0.3 is 4.90 Å². The maximum atomic E-state index is 2.42. The Kier molecular flexibility index (Phi) is 8.90. The van der Waals surface area contributed by atoms with Crippen molar-refractivity contribution in [1.29, 1.82) is 0 Å². The minimum Gasteiger partial charge on any atom is -0.310 e. The van der Waals surface area contributed by atoms with Gasteiger partial charge in [0, 0.05) is 16.8 Å². The first-order valence-electron chi connectivity index (χ1n) is 21.8. The number of rotatable bonds is 7. The highest BCUT2D eigenvalue weighted by atomic mass is 15.1. The molecular weight excluding hydrogens is 759 g/mol. The molecular formula is C62H41N. The summed E-state index contributed by atoms with van der Waals surface area (Å²) in [5.74, 6) is 0. The van der Waals surface area contributed by atoms with Gasteiger partial charge in [0.05, 0.1) is 5.69 Å². The van der Waals surface area contributed by atoms with Gasteiger partial charge in [0.2, 0.25) is 0 Å². The van der Waals surface area contributed by atoms with E-state index in [4.69, 9.17) is 0 Å². The van der Waals surface area contributed by atoms with Gasteiger partial charge in [0.1, 0.15) is 0 Å². The molecule has 0 bridgehead atoms. The summed E-state index contributed by atoms with van der Waals surface area (Å²) in [5, 5.41) is 12.5. The fourth-order valence-electron chi connectivity index (χ4n) is 9.92. The second kappa shape index (κ2) is 15.3. The number of benzene rings is 12. The van der Waals surface area contributed by atoms with Crippen LogP contribution in [0.3, 0.4) is 0 Å². The summed E-state index contributed by atoms with van der Waals surface area (Å²) >= 11 is 0. The van der Waals surface area contributed by atoms with E-state index >= 15 is 0 Å².